The number of hydrogen-bond acceptors (Lipinski definition) is 6. The summed E-state index contributed by atoms with van der Waals surface area (Å²) in [6, 6.07) is 0. The van der Waals surface area contributed by atoms with Gasteiger partial charge in [-0.25, -0.2) is 0 Å². The van der Waals surface area contributed by atoms with E-state index in [2.05, 4.69) is 33.8 Å². The Balaban J connectivity index is 4.77. The van der Waals surface area contributed by atoms with E-state index >= 15 is 0 Å². The van der Waals surface area contributed by atoms with Crippen LogP contribution in [-0.2, 0) is 28.6 Å². The van der Waals surface area contributed by atoms with Crippen molar-refractivity contribution in [2.24, 2.45) is 11.8 Å². The maximum Gasteiger partial charge on any atom is 0.306 e. The third-order valence-electron chi connectivity index (χ3n) is 7.45. The topological polar surface area (TPSA) is 78.9 Å². The predicted molar refractivity (Wildman–Crippen MR) is 164 cm³/mol. The molecule has 0 heterocycles. The molecule has 0 aromatic heterocycles. The Bertz CT molecular complexity index is 627. The first-order valence-corrected chi connectivity index (χ1v) is 16.5. The van der Waals surface area contributed by atoms with Gasteiger partial charge in [-0.15, -0.1) is 0 Å². The number of carbonyl (C=O) groups excluding carboxylic acids is 3. The van der Waals surface area contributed by atoms with Crippen LogP contribution in [0.4, 0.5) is 0 Å². The van der Waals surface area contributed by atoms with Crippen LogP contribution in [0.2, 0.25) is 0 Å². The molecule has 0 saturated carbocycles. The second-order valence-electron chi connectivity index (χ2n) is 11.4. The van der Waals surface area contributed by atoms with Crippen molar-refractivity contribution in [3.8, 4) is 0 Å². The van der Waals surface area contributed by atoms with Crippen molar-refractivity contribution in [2.75, 3.05) is 13.2 Å². The molecule has 0 aromatic rings. The van der Waals surface area contributed by atoms with Crippen molar-refractivity contribution >= 4 is 17.9 Å². The molecule has 234 valence electrons. The molecule has 0 radical (unpaired) electrons. The molecule has 0 fully saturated rings. The Kier molecular flexibility index (Phi) is 26.1. The molecule has 0 aliphatic rings. The first kappa shape index (κ1) is 38.1. The van der Waals surface area contributed by atoms with Crippen LogP contribution >= 0.6 is 0 Å². The van der Waals surface area contributed by atoms with Crippen molar-refractivity contribution in [2.45, 2.75) is 163 Å². The van der Waals surface area contributed by atoms with Gasteiger partial charge < -0.3 is 14.2 Å². The molecule has 2 unspecified atom stereocenters. The standard InChI is InChI=1S/C34H62O6/c1-6-10-12-14-16-20-24-38-32(35)26-30(27-33(36)39-25-21-17-15-13-11-7-2)28-34(37)40-31(9-4)23-19-18-22-29(5)8-3/h19,23,29-31H,6-18,20-22,24-28H2,1-5H3/b23-19-. The minimum absolute atomic E-state index is 0.00452. The summed E-state index contributed by atoms with van der Waals surface area (Å²) in [6.07, 6.45) is 21.0. The van der Waals surface area contributed by atoms with Gasteiger partial charge in [0.25, 0.3) is 0 Å². The molecule has 6 heteroatoms. The highest BCUT2D eigenvalue weighted by molar-refractivity contribution is 5.76. The van der Waals surface area contributed by atoms with Gasteiger partial charge >= 0.3 is 17.9 Å². The fraction of sp³-hybridized carbons (Fsp3) is 0.853. The maximum atomic E-state index is 12.8. The van der Waals surface area contributed by atoms with Crippen LogP contribution in [0.15, 0.2) is 12.2 Å². The van der Waals surface area contributed by atoms with Gasteiger partial charge in [-0.3, -0.25) is 14.4 Å². The lowest BCUT2D eigenvalue weighted by Crippen LogP contribution is -2.23. The molecule has 2 atom stereocenters. The average molecular weight is 567 g/mol. The Labute approximate surface area is 246 Å². The molecule has 6 nitrogen and oxygen atoms in total. The van der Waals surface area contributed by atoms with E-state index in [0.29, 0.717) is 25.6 Å². The molecular weight excluding hydrogens is 504 g/mol. The lowest BCUT2D eigenvalue weighted by Gasteiger charge is -2.18. The summed E-state index contributed by atoms with van der Waals surface area (Å²) < 4.78 is 16.5. The summed E-state index contributed by atoms with van der Waals surface area (Å²) in [5.74, 6) is -0.946. The van der Waals surface area contributed by atoms with Crippen LogP contribution in [0.3, 0.4) is 0 Å². The number of unbranched alkanes of at least 4 members (excludes halogenated alkanes) is 10. The molecular formula is C34H62O6. The number of hydrogen-bond donors (Lipinski definition) is 0. The number of esters is 3. The molecule has 0 aliphatic carbocycles. The van der Waals surface area contributed by atoms with Crippen molar-refractivity contribution in [3.05, 3.63) is 12.2 Å². The molecule has 0 saturated heterocycles. The van der Waals surface area contributed by atoms with Gasteiger partial charge in [-0.05, 0) is 50.0 Å². The number of ether oxygens (including phenoxy) is 3. The Morgan fingerprint density at radius 1 is 0.625 bits per heavy atom. The minimum atomic E-state index is -0.492. The van der Waals surface area contributed by atoms with Crippen LogP contribution < -0.4 is 0 Å². The third-order valence-corrected chi connectivity index (χ3v) is 7.45. The van der Waals surface area contributed by atoms with Crippen molar-refractivity contribution < 1.29 is 28.6 Å². The largest absolute Gasteiger partial charge is 0.466 e. The first-order valence-electron chi connectivity index (χ1n) is 16.5. The number of allylic oxidation sites excluding steroid dienone is 1. The molecule has 0 bridgehead atoms. The summed E-state index contributed by atoms with van der Waals surface area (Å²) >= 11 is 0. The van der Waals surface area contributed by atoms with Gasteiger partial charge in [0.05, 0.1) is 13.2 Å². The monoisotopic (exact) mass is 566 g/mol. The maximum absolute atomic E-state index is 12.8. The zero-order valence-electron chi connectivity index (χ0n) is 26.7. The molecule has 0 aromatic carbocycles. The van der Waals surface area contributed by atoms with E-state index in [1.807, 2.05) is 13.0 Å². The highest BCUT2D eigenvalue weighted by Gasteiger charge is 2.24. The number of carbonyl (C=O) groups is 3. The summed E-state index contributed by atoms with van der Waals surface area (Å²) in [7, 11) is 0. The summed E-state index contributed by atoms with van der Waals surface area (Å²) in [6.45, 7) is 11.5. The van der Waals surface area contributed by atoms with Crippen molar-refractivity contribution in [1.29, 1.82) is 0 Å². The Hall–Kier alpha value is -1.85. The summed E-state index contributed by atoms with van der Waals surface area (Å²) in [5.41, 5.74) is 0. The molecule has 0 amide bonds. The van der Waals surface area contributed by atoms with E-state index in [1.54, 1.807) is 0 Å². The van der Waals surface area contributed by atoms with E-state index in [9.17, 15) is 14.4 Å². The van der Waals surface area contributed by atoms with Gasteiger partial charge in [-0.1, -0.05) is 111 Å². The second-order valence-corrected chi connectivity index (χ2v) is 11.4. The molecule has 0 rings (SSSR count). The Morgan fingerprint density at radius 3 is 1.57 bits per heavy atom. The molecule has 0 N–H and O–H groups in total. The second kappa shape index (κ2) is 27.3. The highest BCUT2D eigenvalue weighted by Crippen LogP contribution is 2.19. The molecule has 40 heavy (non-hydrogen) atoms. The van der Waals surface area contributed by atoms with Gasteiger partial charge in [0, 0.05) is 19.3 Å². The SMILES string of the molecule is CCCCCCCCOC(=O)CC(CC(=O)OCCCCCCCC)CC(=O)OC(/C=C\CCC(C)CC)CC. The van der Waals surface area contributed by atoms with E-state index in [4.69, 9.17) is 14.2 Å². The summed E-state index contributed by atoms with van der Waals surface area (Å²) in [5, 5.41) is 0. The average Bonchev–Trinajstić information content (AvgIpc) is 2.93. The smallest absolute Gasteiger partial charge is 0.306 e. The van der Waals surface area contributed by atoms with Crippen molar-refractivity contribution in [1.82, 2.24) is 0 Å². The van der Waals surface area contributed by atoms with E-state index in [1.165, 1.54) is 38.5 Å². The van der Waals surface area contributed by atoms with E-state index in [0.717, 1.165) is 57.8 Å². The van der Waals surface area contributed by atoms with E-state index in [-0.39, 0.29) is 37.3 Å². The van der Waals surface area contributed by atoms with Crippen LogP contribution in [0.1, 0.15) is 157 Å². The number of rotatable bonds is 27. The van der Waals surface area contributed by atoms with Crippen LogP contribution in [0, 0.1) is 11.8 Å². The van der Waals surface area contributed by atoms with Gasteiger partial charge in [0.1, 0.15) is 6.10 Å². The molecule has 0 spiro atoms. The third kappa shape index (κ3) is 24.0. The Morgan fingerprint density at radius 2 is 1.10 bits per heavy atom. The van der Waals surface area contributed by atoms with Crippen molar-refractivity contribution in [3.63, 3.8) is 0 Å². The highest BCUT2D eigenvalue weighted by atomic mass is 16.5. The van der Waals surface area contributed by atoms with Crippen LogP contribution in [0.5, 0.6) is 0 Å². The zero-order chi connectivity index (χ0) is 29.8. The van der Waals surface area contributed by atoms with Gasteiger partial charge in [0.15, 0.2) is 0 Å². The molecule has 0 aliphatic heterocycles. The summed E-state index contributed by atoms with van der Waals surface area (Å²) in [4.78, 5) is 37.8. The van der Waals surface area contributed by atoms with Crippen LogP contribution in [-0.4, -0.2) is 37.2 Å². The fourth-order valence-corrected chi connectivity index (χ4v) is 4.49. The lowest BCUT2D eigenvalue weighted by atomic mass is 9.97. The normalized spacial score (nSPS) is 12.9. The van der Waals surface area contributed by atoms with E-state index < -0.39 is 11.9 Å². The van der Waals surface area contributed by atoms with Gasteiger partial charge in [0.2, 0.25) is 0 Å². The predicted octanol–water partition coefficient (Wildman–Crippen LogP) is 9.28. The zero-order valence-corrected chi connectivity index (χ0v) is 26.7. The van der Waals surface area contributed by atoms with Gasteiger partial charge in [-0.2, -0.15) is 0 Å². The lowest BCUT2D eigenvalue weighted by molar-refractivity contribution is -0.151. The minimum Gasteiger partial charge on any atom is -0.466 e. The quantitative estimate of drug-likeness (QED) is 0.0427. The van der Waals surface area contributed by atoms with Crippen LogP contribution in [0.25, 0.3) is 0 Å². The first-order chi connectivity index (χ1) is 19.4. The fourth-order valence-electron chi connectivity index (χ4n) is 4.49.